The predicted octanol–water partition coefficient (Wildman–Crippen LogP) is 5.18. The van der Waals surface area contributed by atoms with Crippen LogP contribution in [0.4, 0.5) is 8.78 Å². The molecule has 0 aliphatic rings. The number of aromatic nitrogens is 3. The number of carbonyl (C=O) groups excluding carboxylic acids is 1. The van der Waals surface area contributed by atoms with E-state index in [0.717, 1.165) is 12.2 Å². The Morgan fingerprint density at radius 1 is 1.12 bits per heavy atom. The van der Waals surface area contributed by atoms with Gasteiger partial charge in [-0.3, -0.25) is 9.36 Å². The molecule has 0 saturated carbocycles. The maximum atomic E-state index is 12.5. The Hall–Kier alpha value is -3.20. The lowest BCUT2D eigenvalue weighted by atomic mass is 10.1. The zero-order valence-corrected chi connectivity index (χ0v) is 18.4. The van der Waals surface area contributed by atoms with E-state index >= 15 is 0 Å². The highest BCUT2D eigenvalue weighted by Crippen LogP contribution is 2.22. The maximum absolute atomic E-state index is 12.5. The molecule has 1 heterocycles. The van der Waals surface area contributed by atoms with Gasteiger partial charge < -0.3 is 9.47 Å². The van der Waals surface area contributed by atoms with Crippen molar-refractivity contribution in [3.8, 4) is 11.5 Å². The van der Waals surface area contributed by atoms with Gasteiger partial charge in [-0.05, 0) is 48.4 Å². The van der Waals surface area contributed by atoms with Crippen LogP contribution in [0, 0.1) is 0 Å². The Morgan fingerprint density at radius 2 is 1.81 bits per heavy atom. The second-order valence-electron chi connectivity index (χ2n) is 6.70. The number of ether oxygens (including phenoxy) is 2. The first-order valence-electron chi connectivity index (χ1n) is 9.95. The highest BCUT2D eigenvalue weighted by atomic mass is 32.2. The number of hydrogen-bond acceptors (Lipinski definition) is 6. The van der Waals surface area contributed by atoms with Crippen LogP contribution in [0.5, 0.6) is 11.5 Å². The average Bonchev–Trinajstić information content (AvgIpc) is 3.18. The Morgan fingerprint density at radius 3 is 2.44 bits per heavy atom. The maximum Gasteiger partial charge on any atom is 0.387 e. The summed E-state index contributed by atoms with van der Waals surface area (Å²) in [7, 11) is 0. The molecule has 0 unspecified atom stereocenters. The first-order chi connectivity index (χ1) is 15.5. The highest BCUT2D eigenvalue weighted by Gasteiger charge is 2.15. The average molecular weight is 460 g/mol. The van der Waals surface area contributed by atoms with Gasteiger partial charge in [0.05, 0.1) is 5.75 Å². The zero-order valence-electron chi connectivity index (χ0n) is 17.5. The molecule has 0 N–H and O–H groups in total. The second-order valence-corrected chi connectivity index (χ2v) is 7.64. The van der Waals surface area contributed by atoms with Gasteiger partial charge in [0.25, 0.3) is 0 Å². The number of hydrogen-bond donors (Lipinski definition) is 0. The fraction of sp³-hybridized carbons (Fsp3) is 0.261. The molecule has 0 bridgehead atoms. The predicted molar refractivity (Wildman–Crippen MR) is 118 cm³/mol. The van der Waals surface area contributed by atoms with Crippen molar-refractivity contribution in [3.05, 3.63) is 78.1 Å². The van der Waals surface area contributed by atoms with Crippen LogP contribution < -0.4 is 9.47 Å². The van der Waals surface area contributed by atoms with Crippen LogP contribution >= 0.6 is 11.8 Å². The molecular formula is C23H23F2N3O3S. The molecule has 168 valence electrons. The molecule has 3 aromatic rings. The summed E-state index contributed by atoms with van der Waals surface area (Å²) in [6.45, 7) is 3.65. The molecule has 0 aliphatic heterocycles. The molecule has 3 rings (SSSR count). The topological polar surface area (TPSA) is 66.2 Å². The minimum absolute atomic E-state index is 0.00362. The summed E-state index contributed by atoms with van der Waals surface area (Å²) in [5.74, 6) is 1.31. The molecule has 6 nitrogen and oxygen atoms in total. The van der Waals surface area contributed by atoms with Crippen molar-refractivity contribution in [2.45, 2.75) is 38.3 Å². The molecule has 0 aliphatic carbocycles. The van der Waals surface area contributed by atoms with Crippen LogP contribution in [0.3, 0.4) is 0 Å². The van der Waals surface area contributed by atoms with Gasteiger partial charge in [-0.1, -0.05) is 36.9 Å². The third-order valence-corrected chi connectivity index (χ3v) is 5.51. The molecule has 0 amide bonds. The summed E-state index contributed by atoms with van der Waals surface area (Å²) in [6, 6.07) is 13.5. The standard InChI is InChI=1S/C23H23F2N3O3S/c1-3-13-28-21(14-30-18-9-5-16(4-2)6-10-18)26-27-23(28)32-15-20(29)17-7-11-19(12-8-17)31-22(24)25/h3,5-12,22H,1,4,13-15H2,2H3. The number of Topliss-reactive ketones (excluding diaryl/α,β-unsaturated/α-hetero) is 1. The van der Waals surface area contributed by atoms with Crippen LogP contribution in [0.1, 0.15) is 28.7 Å². The SMILES string of the molecule is C=CCn1c(COc2ccc(CC)cc2)nnc1SCC(=O)c1ccc(OC(F)F)cc1. The smallest absolute Gasteiger partial charge is 0.387 e. The normalized spacial score (nSPS) is 10.9. The van der Waals surface area contributed by atoms with Gasteiger partial charge in [0.15, 0.2) is 16.8 Å². The van der Waals surface area contributed by atoms with Crippen LogP contribution in [-0.2, 0) is 19.6 Å². The lowest BCUT2D eigenvalue weighted by Crippen LogP contribution is -2.09. The van der Waals surface area contributed by atoms with Crippen molar-refractivity contribution in [2.24, 2.45) is 0 Å². The van der Waals surface area contributed by atoms with E-state index in [1.165, 1.54) is 41.6 Å². The zero-order chi connectivity index (χ0) is 22.9. The summed E-state index contributed by atoms with van der Waals surface area (Å²) in [5.41, 5.74) is 1.62. The number of allylic oxidation sites excluding steroid dienone is 1. The van der Waals surface area contributed by atoms with E-state index in [1.54, 1.807) is 6.08 Å². The van der Waals surface area contributed by atoms with E-state index < -0.39 is 6.61 Å². The molecular weight excluding hydrogens is 436 g/mol. The monoisotopic (exact) mass is 459 g/mol. The van der Waals surface area contributed by atoms with E-state index in [2.05, 4.69) is 28.4 Å². The quantitative estimate of drug-likeness (QED) is 0.211. The number of nitrogens with zero attached hydrogens (tertiary/aromatic N) is 3. The van der Waals surface area contributed by atoms with Crippen LogP contribution in [0.25, 0.3) is 0 Å². The van der Waals surface area contributed by atoms with Crippen molar-refractivity contribution in [1.82, 2.24) is 14.8 Å². The summed E-state index contributed by atoms with van der Waals surface area (Å²) in [6.07, 6.45) is 2.68. The minimum atomic E-state index is -2.91. The van der Waals surface area contributed by atoms with Crippen LogP contribution in [0.2, 0.25) is 0 Å². The number of halogens is 2. The van der Waals surface area contributed by atoms with Gasteiger partial charge in [-0.25, -0.2) is 0 Å². The summed E-state index contributed by atoms with van der Waals surface area (Å²) in [4.78, 5) is 12.5. The fourth-order valence-electron chi connectivity index (χ4n) is 2.85. The van der Waals surface area contributed by atoms with Crippen molar-refractivity contribution in [3.63, 3.8) is 0 Å². The third-order valence-electron chi connectivity index (χ3n) is 4.54. The molecule has 2 aromatic carbocycles. The van der Waals surface area contributed by atoms with E-state index in [4.69, 9.17) is 4.74 Å². The van der Waals surface area contributed by atoms with Gasteiger partial charge in [0.1, 0.15) is 18.1 Å². The molecule has 0 saturated heterocycles. The lowest BCUT2D eigenvalue weighted by molar-refractivity contribution is -0.0498. The van der Waals surface area contributed by atoms with Crippen LogP contribution in [-0.4, -0.2) is 32.9 Å². The third kappa shape index (κ3) is 6.40. The first kappa shape index (κ1) is 23.5. The molecule has 32 heavy (non-hydrogen) atoms. The molecule has 0 spiro atoms. The lowest BCUT2D eigenvalue weighted by Gasteiger charge is -2.09. The van der Waals surface area contributed by atoms with E-state index in [9.17, 15) is 13.6 Å². The Kier molecular flexibility index (Phi) is 8.38. The Bertz CT molecular complexity index is 1040. The van der Waals surface area contributed by atoms with Gasteiger partial charge in [0, 0.05) is 12.1 Å². The Balaban J connectivity index is 1.61. The number of alkyl halides is 2. The van der Waals surface area contributed by atoms with Crippen molar-refractivity contribution in [1.29, 1.82) is 0 Å². The summed E-state index contributed by atoms with van der Waals surface area (Å²) in [5, 5.41) is 8.94. The molecule has 9 heteroatoms. The van der Waals surface area contributed by atoms with Crippen molar-refractivity contribution in [2.75, 3.05) is 5.75 Å². The van der Waals surface area contributed by atoms with E-state index in [1.807, 2.05) is 28.8 Å². The van der Waals surface area contributed by atoms with Gasteiger partial charge in [-0.15, -0.1) is 16.8 Å². The van der Waals surface area contributed by atoms with Gasteiger partial charge in [-0.2, -0.15) is 8.78 Å². The van der Waals surface area contributed by atoms with E-state index in [-0.39, 0.29) is 23.9 Å². The van der Waals surface area contributed by atoms with Crippen LogP contribution in [0.15, 0.2) is 66.3 Å². The largest absolute Gasteiger partial charge is 0.486 e. The summed E-state index contributed by atoms with van der Waals surface area (Å²) >= 11 is 1.24. The molecule has 0 radical (unpaired) electrons. The molecule has 0 fully saturated rings. The fourth-order valence-corrected chi connectivity index (χ4v) is 3.71. The molecule has 1 aromatic heterocycles. The van der Waals surface area contributed by atoms with Gasteiger partial charge >= 0.3 is 6.61 Å². The number of ketones is 1. The molecule has 0 atom stereocenters. The highest BCUT2D eigenvalue weighted by molar-refractivity contribution is 7.99. The number of aryl methyl sites for hydroxylation is 1. The number of benzene rings is 2. The van der Waals surface area contributed by atoms with Gasteiger partial charge in [0.2, 0.25) is 0 Å². The number of rotatable bonds is 12. The minimum Gasteiger partial charge on any atom is -0.486 e. The van der Waals surface area contributed by atoms with Crippen molar-refractivity contribution >= 4 is 17.5 Å². The van der Waals surface area contributed by atoms with Crippen molar-refractivity contribution < 1.29 is 23.0 Å². The van der Waals surface area contributed by atoms with E-state index in [0.29, 0.717) is 23.1 Å². The summed E-state index contributed by atoms with van der Waals surface area (Å²) < 4.78 is 36.5. The number of thioether (sulfide) groups is 1. The second kappa shape index (κ2) is 11.4. The first-order valence-corrected chi connectivity index (χ1v) is 10.9. The Labute approximate surface area is 189 Å². The number of carbonyl (C=O) groups is 1.